The van der Waals surface area contributed by atoms with Gasteiger partial charge in [-0.3, -0.25) is 4.79 Å². The molecule has 2 saturated heterocycles. The van der Waals surface area contributed by atoms with Crippen LogP contribution in [0.25, 0.3) is 0 Å². The number of likely N-dealkylation sites (tertiary alicyclic amines) is 1. The summed E-state index contributed by atoms with van der Waals surface area (Å²) >= 11 is 0. The van der Waals surface area contributed by atoms with Crippen molar-refractivity contribution in [2.45, 2.75) is 44.6 Å². The highest BCUT2D eigenvalue weighted by Gasteiger charge is 2.51. The summed E-state index contributed by atoms with van der Waals surface area (Å²) in [6.45, 7) is 3.64. The lowest BCUT2D eigenvalue weighted by atomic mass is 9.67. The number of nitrogens with zero attached hydrogens (tertiary/aromatic N) is 4. The predicted molar refractivity (Wildman–Crippen MR) is 82.1 cm³/mol. The maximum absolute atomic E-state index is 13.2. The lowest BCUT2D eigenvalue weighted by Crippen LogP contribution is -2.52. The minimum Gasteiger partial charge on any atom is -0.342 e. The summed E-state index contributed by atoms with van der Waals surface area (Å²) in [5.41, 5.74) is -0.0989. The third-order valence-electron chi connectivity index (χ3n) is 6.03. The maximum atomic E-state index is 13.2. The number of hydrogen-bond acceptors (Lipinski definition) is 4. The van der Waals surface area contributed by atoms with Crippen LogP contribution in [0, 0.1) is 11.3 Å². The van der Waals surface area contributed by atoms with Crippen LogP contribution in [0.1, 0.15) is 44.6 Å². The molecule has 0 aromatic carbocycles. The van der Waals surface area contributed by atoms with E-state index in [0.717, 1.165) is 45.4 Å². The molecule has 0 unspecified atom stereocenters. The number of aromatic nitrogens is 3. The van der Waals surface area contributed by atoms with Crippen LogP contribution in [0.15, 0.2) is 12.7 Å². The van der Waals surface area contributed by atoms with Gasteiger partial charge in [0.25, 0.3) is 0 Å². The Morgan fingerprint density at radius 2 is 2.09 bits per heavy atom. The fraction of sp³-hybridized carbons (Fsp3) is 0.812. The number of fused-ring (bicyclic) bond motifs is 1. The Hall–Kier alpha value is -1.43. The van der Waals surface area contributed by atoms with Gasteiger partial charge in [0.1, 0.15) is 12.7 Å². The van der Waals surface area contributed by atoms with Crippen LogP contribution in [-0.4, -0.2) is 51.8 Å². The second kappa shape index (κ2) is 5.65. The Labute approximate surface area is 131 Å². The van der Waals surface area contributed by atoms with Gasteiger partial charge in [-0.2, -0.15) is 5.10 Å². The summed E-state index contributed by atoms with van der Waals surface area (Å²) in [6.07, 6.45) is 10.1. The highest BCUT2D eigenvalue weighted by molar-refractivity contribution is 5.84. The van der Waals surface area contributed by atoms with Crippen molar-refractivity contribution in [2.24, 2.45) is 11.3 Å². The van der Waals surface area contributed by atoms with Gasteiger partial charge >= 0.3 is 0 Å². The third-order valence-corrected chi connectivity index (χ3v) is 6.03. The van der Waals surface area contributed by atoms with E-state index in [1.165, 1.54) is 19.3 Å². The molecule has 120 valence electrons. The van der Waals surface area contributed by atoms with E-state index in [9.17, 15) is 4.79 Å². The molecule has 1 aromatic rings. The lowest BCUT2D eigenvalue weighted by Gasteiger charge is -2.43. The van der Waals surface area contributed by atoms with Gasteiger partial charge in [0.15, 0.2) is 0 Å². The first-order valence-corrected chi connectivity index (χ1v) is 8.64. The van der Waals surface area contributed by atoms with Crippen molar-refractivity contribution in [3.05, 3.63) is 12.7 Å². The van der Waals surface area contributed by atoms with Crippen molar-refractivity contribution in [1.82, 2.24) is 25.0 Å². The molecular formula is C16H25N5O. The van der Waals surface area contributed by atoms with Crippen molar-refractivity contribution in [3.63, 3.8) is 0 Å². The Bertz CT molecular complexity index is 523. The number of carbonyl (C=O) groups is 1. The third kappa shape index (κ3) is 2.24. The molecule has 0 spiro atoms. The van der Waals surface area contributed by atoms with E-state index in [1.807, 2.05) is 4.68 Å². The standard InChI is InChI=1S/C16H25N5O/c22-15(16-6-2-1-3-13(16)9-17-10-16)20-7-4-14(5-8-20)21-12-18-11-19-21/h11-14,17H,1-10H2/t13-,16+/m0/s1. The quantitative estimate of drug-likeness (QED) is 0.892. The molecular weight excluding hydrogens is 278 g/mol. The molecule has 6 heteroatoms. The van der Waals surface area contributed by atoms with Crippen molar-refractivity contribution in [3.8, 4) is 0 Å². The average molecular weight is 303 g/mol. The van der Waals surface area contributed by atoms with Crippen LogP contribution >= 0.6 is 0 Å². The number of nitrogens with one attached hydrogen (secondary N) is 1. The van der Waals surface area contributed by atoms with Crippen LogP contribution in [0.4, 0.5) is 0 Å². The molecule has 2 atom stereocenters. The van der Waals surface area contributed by atoms with Gasteiger partial charge in [0.05, 0.1) is 11.5 Å². The van der Waals surface area contributed by atoms with Crippen molar-refractivity contribution in [1.29, 1.82) is 0 Å². The normalized spacial score (nSPS) is 32.9. The topological polar surface area (TPSA) is 63.1 Å². The fourth-order valence-corrected chi connectivity index (χ4v) is 4.72. The zero-order chi connectivity index (χ0) is 15.0. The zero-order valence-electron chi connectivity index (χ0n) is 13.1. The van der Waals surface area contributed by atoms with Gasteiger partial charge in [-0.1, -0.05) is 12.8 Å². The second-order valence-corrected chi connectivity index (χ2v) is 7.13. The largest absolute Gasteiger partial charge is 0.342 e. The van der Waals surface area contributed by atoms with Gasteiger partial charge in [0, 0.05) is 19.6 Å². The van der Waals surface area contributed by atoms with E-state index in [4.69, 9.17) is 0 Å². The smallest absolute Gasteiger partial charge is 0.230 e. The van der Waals surface area contributed by atoms with E-state index in [2.05, 4.69) is 20.3 Å². The highest BCUT2D eigenvalue weighted by Crippen LogP contribution is 2.45. The Morgan fingerprint density at radius 3 is 2.86 bits per heavy atom. The summed E-state index contributed by atoms with van der Waals surface area (Å²) in [7, 11) is 0. The molecule has 2 aliphatic heterocycles. The highest BCUT2D eigenvalue weighted by atomic mass is 16.2. The number of piperidine rings is 1. The molecule has 1 aromatic heterocycles. The van der Waals surface area contributed by atoms with Gasteiger partial charge < -0.3 is 10.2 Å². The molecule has 1 N–H and O–H groups in total. The molecule has 6 nitrogen and oxygen atoms in total. The fourth-order valence-electron chi connectivity index (χ4n) is 4.72. The van der Waals surface area contributed by atoms with E-state index in [-0.39, 0.29) is 5.41 Å². The van der Waals surface area contributed by atoms with Crippen molar-refractivity contribution < 1.29 is 4.79 Å². The summed E-state index contributed by atoms with van der Waals surface area (Å²) in [5, 5.41) is 7.73. The SMILES string of the molecule is O=C(N1CCC(n2cncn2)CC1)[C@@]12CCCC[C@H]1CNC2. The first kappa shape index (κ1) is 14.2. The molecule has 4 rings (SSSR count). The van der Waals surface area contributed by atoms with Crippen LogP contribution in [0.2, 0.25) is 0 Å². The number of carbonyl (C=O) groups excluding carboxylic acids is 1. The number of rotatable bonds is 2. The Morgan fingerprint density at radius 1 is 1.23 bits per heavy atom. The minimum absolute atomic E-state index is 0.0989. The Balaban J connectivity index is 1.43. The van der Waals surface area contributed by atoms with Crippen molar-refractivity contribution in [2.75, 3.05) is 26.2 Å². The number of hydrogen-bond donors (Lipinski definition) is 1. The molecule has 1 aliphatic carbocycles. The molecule has 1 amide bonds. The molecule has 3 fully saturated rings. The molecule has 1 saturated carbocycles. The summed E-state index contributed by atoms with van der Waals surface area (Å²) in [4.78, 5) is 19.4. The summed E-state index contributed by atoms with van der Waals surface area (Å²) in [6, 6.07) is 0.396. The molecule has 3 heterocycles. The van der Waals surface area contributed by atoms with Crippen LogP contribution < -0.4 is 5.32 Å². The van der Waals surface area contributed by atoms with Gasteiger partial charge in [0.2, 0.25) is 5.91 Å². The maximum Gasteiger partial charge on any atom is 0.230 e. The van der Waals surface area contributed by atoms with Gasteiger partial charge in [-0.15, -0.1) is 0 Å². The molecule has 22 heavy (non-hydrogen) atoms. The minimum atomic E-state index is -0.0989. The zero-order valence-corrected chi connectivity index (χ0v) is 13.1. The van der Waals surface area contributed by atoms with Gasteiger partial charge in [-0.25, -0.2) is 9.67 Å². The number of amides is 1. The first-order chi connectivity index (χ1) is 10.8. The molecule has 0 radical (unpaired) electrons. The second-order valence-electron chi connectivity index (χ2n) is 7.13. The van der Waals surface area contributed by atoms with E-state index in [0.29, 0.717) is 17.9 Å². The monoisotopic (exact) mass is 303 g/mol. The van der Waals surface area contributed by atoms with Crippen LogP contribution in [0.3, 0.4) is 0 Å². The van der Waals surface area contributed by atoms with Gasteiger partial charge in [-0.05, 0) is 38.1 Å². The lowest BCUT2D eigenvalue weighted by molar-refractivity contribution is -0.146. The molecule has 0 bridgehead atoms. The first-order valence-electron chi connectivity index (χ1n) is 8.64. The van der Waals surface area contributed by atoms with Crippen LogP contribution in [0.5, 0.6) is 0 Å². The average Bonchev–Trinajstić information content (AvgIpc) is 3.24. The summed E-state index contributed by atoms with van der Waals surface area (Å²) in [5.74, 6) is 0.973. The van der Waals surface area contributed by atoms with Crippen LogP contribution in [-0.2, 0) is 4.79 Å². The van der Waals surface area contributed by atoms with E-state index in [1.54, 1.807) is 12.7 Å². The predicted octanol–water partition coefficient (Wildman–Crippen LogP) is 1.22. The summed E-state index contributed by atoms with van der Waals surface area (Å²) < 4.78 is 1.95. The van der Waals surface area contributed by atoms with Crippen molar-refractivity contribution >= 4 is 5.91 Å². The molecule has 3 aliphatic rings. The Kier molecular flexibility index (Phi) is 3.64. The van der Waals surface area contributed by atoms with E-state index < -0.39 is 0 Å². The van der Waals surface area contributed by atoms with E-state index >= 15 is 0 Å².